The summed E-state index contributed by atoms with van der Waals surface area (Å²) >= 11 is 0. The molecule has 21 heavy (non-hydrogen) atoms. The van der Waals surface area contributed by atoms with E-state index in [9.17, 15) is 0 Å². The van der Waals surface area contributed by atoms with Gasteiger partial charge in [-0.2, -0.15) is 0 Å². The van der Waals surface area contributed by atoms with Crippen LogP contribution < -0.4 is 5.32 Å². The fraction of sp³-hybridized carbons (Fsp3) is 0.500. The highest BCUT2D eigenvalue weighted by Crippen LogP contribution is 2.24. The molecule has 0 saturated carbocycles. The van der Waals surface area contributed by atoms with Crippen LogP contribution in [0.5, 0.6) is 0 Å². The maximum Gasteiger partial charge on any atom is 0.0726 e. The van der Waals surface area contributed by atoms with E-state index >= 15 is 0 Å². The van der Waals surface area contributed by atoms with Gasteiger partial charge in [0.15, 0.2) is 0 Å². The van der Waals surface area contributed by atoms with E-state index in [2.05, 4.69) is 42.6 Å². The standard InChI is InChI=1S/C18H24N2O/c1-2-6-15-11-18(16-8-3-4-9-17(16)20-15)19-12-14-7-5-10-21-13-14/h3-4,8-9,11,14H,2,5-7,10,12-13H2,1H3,(H,19,20). The quantitative estimate of drug-likeness (QED) is 0.900. The van der Waals surface area contributed by atoms with Crippen molar-refractivity contribution in [1.82, 2.24) is 4.98 Å². The van der Waals surface area contributed by atoms with Gasteiger partial charge in [-0.15, -0.1) is 0 Å². The Hall–Kier alpha value is -1.61. The number of rotatable bonds is 5. The van der Waals surface area contributed by atoms with Crippen molar-refractivity contribution in [3.05, 3.63) is 36.0 Å². The van der Waals surface area contributed by atoms with E-state index in [0.29, 0.717) is 5.92 Å². The molecule has 3 nitrogen and oxygen atoms in total. The van der Waals surface area contributed by atoms with Gasteiger partial charge in [-0.1, -0.05) is 31.5 Å². The van der Waals surface area contributed by atoms with Crippen LogP contribution in [0.3, 0.4) is 0 Å². The van der Waals surface area contributed by atoms with Gasteiger partial charge in [0.25, 0.3) is 0 Å². The van der Waals surface area contributed by atoms with Crippen LogP contribution in [0.2, 0.25) is 0 Å². The topological polar surface area (TPSA) is 34.1 Å². The number of hydrogen-bond acceptors (Lipinski definition) is 3. The number of fused-ring (bicyclic) bond motifs is 1. The molecular formula is C18H24N2O. The molecule has 1 atom stereocenters. The predicted octanol–water partition coefficient (Wildman–Crippen LogP) is 4.03. The molecule has 1 fully saturated rings. The molecule has 2 aromatic rings. The lowest BCUT2D eigenvalue weighted by Gasteiger charge is -2.23. The van der Waals surface area contributed by atoms with Crippen molar-refractivity contribution in [2.24, 2.45) is 5.92 Å². The average Bonchev–Trinajstić information content (AvgIpc) is 2.54. The SMILES string of the molecule is CCCc1cc(NCC2CCCOC2)c2ccccc2n1. The molecule has 0 bridgehead atoms. The number of ether oxygens (including phenoxy) is 1. The Kier molecular flexibility index (Phi) is 4.71. The predicted molar refractivity (Wildman–Crippen MR) is 87.8 cm³/mol. The summed E-state index contributed by atoms with van der Waals surface area (Å²) in [5.74, 6) is 0.625. The summed E-state index contributed by atoms with van der Waals surface area (Å²) in [6.07, 6.45) is 4.61. The minimum atomic E-state index is 0.625. The van der Waals surface area contributed by atoms with Crippen LogP contribution in [0.1, 0.15) is 31.9 Å². The van der Waals surface area contributed by atoms with Crippen molar-refractivity contribution < 1.29 is 4.74 Å². The first kappa shape index (κ1) is 14.3. The molecule has 3 rings (SSSR count). The van der Waals surface area contributed by atoms with Crippen LogP contribution in [-0.4, -0.2) is 24.7 Å². The first-order chi connectivity index (χ1) is 10.4. The third-order valence-electron chi connectivity index (χ3n) is 4.11. The summed E-state index contributed by atoms with van der Waals surface area (Å²) in [5, 5.41) is 4.85. The Morgan fingerprint density at radius 2 is 2.24 bits per heavy atom. The van der Waals surface area contributed by atoms with Crippen molar-refractivity contribution >= 4 is 16.6 Å². The average molecular weight is 284 g/mol. The van der Waals surface area contributed by atoms with Gasteiger partial charge in [-0.3, -0.25) is 4.98 Å². The number of aryl methyl sites for hydroxylation is 1. The highest BCUT2D eigenvalue weighted by Gasteiger charge is 2.14. The summed E-state index contributed by atoms with van der Waals surface area (Å²) in [4.78, 5) is 4.76. The van der Waals surface area contributed by atoms with Crippen LogP contribution in [0.15, 0.2) is 30.3 Å². The number of anilines is 1. The number of aromatic nitrogens is 1. The van der Waals surface area contributed by atoms with E-state index in [1.165, 1.54) is 29.6 Å². The van der Waals surface area contributed by atoms with Crippen LogP contribution in [0, 0.1) is 5.92 Å². The molecule has 1 aliphatic rings. The molecule has 0 aliphatic carbocycles. The Morgan fingerprint density at radius 3 is 3.05 bits per heavy atom. The number of benzene rings is 1. The number of hydrogen-bond donors (Lipinski definition) is 1. The van der Waals surface area contributed by atoms with Crippen molar-refractivity contribution in [3.63, 3.8) is 0 Å². The highest BCUT2D eigenvalue weighted by atomic mass is 16.5. The fourth-order valence-electron chi connectivity index (χ4n) is 2.98. The minimum absolute atomic E-state index is 0.625. The molecule has 1 unspecified atom stereocenters. The Labute approximate surface area is 126 Å². The maximum atomic E-state index is 5.57. The van der Waals surface area contributed by atoms with E-state index in [4.69, 9.17) is 9.72 Å². The van der Waals surface area contributed by atoms with Crippen LogP contribution in [0.4, 0.5) is 5.69 Å². The Bertz CT molecular complexity index is 591. The van der Waals surface area contributed by atoms with Crippen LogP contribution in [-0.2, 0) is 11.2 Å². The van der Waals surface area contributed by atoms with E-state index in [1.807, 2.05) is 0 Å². The van der Waals surface area contributed by atoms with Gasteiger partial charge < -0.3 is 10.1 Å². The van der Waals surface area contributed by atoms with E-state index in [1.54, 1.807) is 0 Å². The monoisotopic (exact) mass is 284 g/mol. The van der Waals surface area contributed by atoms with Gasteiger partial charge in [-0.25, -0.2) is 0 Å². The number of nitrogens with one attached hydrogen (secondary N) is 1. The van der Waals surface area contributed by atoms with E-state index in [0.717, 1.165) is 38.1 Å². The van der Waals surface area contributed by atoms with Gasteiger partial charge in [0, 0.05) is 29.9 Å². The molecule has 1 N–H and O–H groups in total. The maximum absolute atomic E-state index is 5.57. The molecule has 1 aromatic carbocycles. The van der Waals surface area contributed by atoms with Gasteiger partial charge in [-0.05, 0) is 37.3 Å². The second kappa shape index (κ2) is 6.90. The molecule has 0 radical (unpaired) electrons. The summed E-state index contributed by atoms with van der Waals surface area (Å²) in [6, 6.07) is 10.6. The van der Waals surface area contributed by atoms with Gasteiger partial charge in [0.05, 0.1) is 12.1 Å². The van der Waals surface area contributed by atoms with Crippen molar-refractivity contribution in [1.29, 1.82) is 0 Å². The highest BCUT2D eigenvalue weighted by molar-refractivity contribution is 5.91. The largest absolute Gasteiger partial charge is 0.384 e. The zero-order valence-corrected chi connectivity index (χ0v) is 12.8. The lowest BCUT2D eigenvalue weighted by molar-refractivity contribution is 0.0595. The molecule has 0 amide bonds. The summed E-state index contributed by atoms with van der Waals surface area (Å²) in [5.41, 5.74) is 3.49. The first-order valence-electron chi connectivity index (χ1n) is 8.07. The molecule has 1 aromatic heterocycles. The Balaban J connectivity index is 1.81. The van der Waals surface area contributed by atoms with E-state index < -0.39 is 0 Å². The fourth-order valence-corrected chi connectivity index (χ4v) is 2.98. The lowest BCUT2D eigenvalue weighted by atomic mass is 10.0. The molecule has 0 spiro atoms. The second-order valence-electron chi connectivity index (χ2n) is 5.89. The number of para-hydroxylation sites is 1. The summed E-state index contributed by atoms with van der Waals surface area (Å²) in [7, 11) is 0. The molecule has 2 heterocycles. The van der Waals surface area contributed by atoms with E-state index in [-0.39, 0.29) is 0 Å². The summed E-state index contributed by atoms with van der Waals surface area (Å²) < 4.78 is 5.57. The summed E-state index contributed by atoms with van der Waals surface area (Å²) in [6.45, 7) is 5.00. The van der Waals surface area contributed by atoms with Gasteiger partial charge in [0.2, 0.25) is 0 Å². The first-order valence-corrected chi connectivity index (χ1v) is 8.07. The van der Waals surface area contributed by atoms with Crippen LogP contribution >= 0.6 is 0 Å². The smallest absolute Gasteiger partial charge is 0.0726 e. The van der Waals surface area contributed by atoms with Gasteiger partial charge in [0.1, 0.15) is 0 Å². The zero-order valence-electron chi connectivity index (χ0n) is 12.8. The van der Waals surface area contributed by atoms with Crippen molar-refractivity contribution in [3.8, 4) is 0 Å². The van der Waals surface area contributed by atoms with Crippen molar-refractivity contribution in [2.75, 3.05) is 25.1 Å². The van der Waals surface area contributed by atoms with Crippen molar-refractivity contribution in [2.45, 2.75) is 32.6 Å². The molecule has 1 saturated heterocycles. The third-order valence-corrected chi connectivity index (χ3v) is 4.11. The molecule has 112 valence electrons. The lowest BCUT2D eigenvalue weighted by Crippen LogP contribution is -2.24. The molecule has 3 heteroatoms. The zero-order chi connectivity index (χ0) is 14.5. The normalized spacial score (nSPS) is 18.8. The molecular weight excluding hydrogens is 260 g/mol. The molecule has 1 aliphatic heterocycles. The second-order valence-corrected chi connectivity index (χ2v) is 5.89. The van der Waals surface area contributed by atoms with Gasteiger partial charge >= 0.3 is 0 Å². The minimum Gasteiger partial charge on any atom is -0.384 e. The number of pyridine rings is 1. The Morgan fingerprint density at radius 1 is 1.33 bits per heavy atom. The van der Waals surface area contributed by atoms with Crippen LogP contribution in [0.25, 0.3) is 10.9 Å². The number of nitrogens with zero attached hydrogens (tertiary/aromatic N) is 1. The third kappa shape index (κ3) is 3.53.